The van der Waals surface area contributed by atoms with E-state index >= 15 is 0 Å². The molecule has 1 aromatic carbocycles. The molecule has 0 heterocycles. The quantitative estimate of drug-likeness (QED) is 0.866. The molecule has 92 valence electrons. The number of anilines is 1. The van der Waals surface area contributed by atoms with Crippen LogP contribution in [-0.4, -0.2) is 38.1 Å². The van der Waals surface area contributed by atoms with Crippen molar-refractivity contribution in [3.8, 4) is 5.75 Å². The minimum atomic E-state index is -0.0113. The Bertz CT molecular complexity index is 425. The Labute approximate surface area is 102 Å². The normalized spacial score (nSPS) is 14.3. The zero-order chi connectivity index (χ0) is 12.4. The van der Waals surface area contributed by atoms with Gasteiger partial charge >= 0.3 is 0 Å². The maximum absolute atomic E-state index is 11.9. The van der Waals surface area contributed by atoms with Gasteiger partial charge in [0.1, 0.15) is 5.75 Å². The van der Waals surface area contributed by atoms with E-state index in [4.69, 9.17) is 4.74 Å². The number of hydrogen-bond donors (Lipinski definition) is 1. The molecule has 0 unspecified atom stereocenters. The lowest BCUT2D eigenvalue weighted by atomic mass is 10.1. The number of hydrogen-bond acceptors (Lipinski definition) is 3. The zero-order valence-electron chi connectivity index (χ0n) is 10.5. The van der Waals surface area contributed by atoms with Gasteiger partial charge in [-0.3, -0.25) is 4.79 Å². The van der Waals surface area contributed by atoms with E-state index < -0.39 is 0 Å². The molecule has 0 bridgehead atoms. The average molecular weight is 234 g/mol. The van der Waals surface area contributed by atoms with Crippen LogP contribution >= 0.6 is 0 Å². The molecule has 17 heavy (non-hydrogen) atoms. The first-order valence-corrected chi connectivity index (χ1v) is 5.81. The molecule has 0 radical (unpaired) electrons. The molecule has 1 N–H and O–H groups in total. The zero-order valence-corrected chi connectivity index (χ0v) is 10.5. The van der Waals surface area contributed by atoms with Crippen molar-refractivity contribution in [2.45, 2.75) is 18.9 Å². The standard InChI is InChI=1S/C13H18N2O2/c1-14-10-6-9(13(16)15(2)3)7-12(8-10)17-11-4-5-11/h6-8,11,14H,4-5H2,1-3H3. The second-order valence-corrected chi connectivity index (χ2v) is 4.51. The number of rotatable bonds is 4. The summed E-state index contributed by atoms with van der Waals surface area (Å²) in [6.45, 7) is 0. The monoisotopic (exact) mass is 234 g/mol. The fourth-order valence-corrected chi connectivity index (χ4v) is 1.57. The summed E-state index contributed by atoms with van der Waals surface area (Å²) < 4.78 is 5.73. The molecule has 1 aliphatic rings. The van der Waals surface area contributed by atoms with Gasteiger partial charge in [-0.15, -0.1) is 0 Å². The largest absolute Gasteiger partial charge is 0.490 e. The van der Waals surface area contributed by atoms with E-state index in [2.05, 4.69) is 5.32 Å². The Morgan fingerprint density at radius 2 is 2.06 bits per heavy atom. The highest BCUT2D eigenvalue weighted by molar-refractivity contribution is 5.95. The highest BCUT2D eigenvalue weighted by Crippen LogP contribution is 2.29. The summed E-state index contributed by atoms with van der Waals surface area (Å²) in [6, 6.07) is 5.56. The molecule has 0 saturated heterocycles. The van der Waals surface area contributed by atoms with Crippen molar-refractivity contribution >= 4 is 11.6 Å². The molecule has 4 heteroatoms. The molecule has 0 aliphatic heterocycles. The predicted molar refractivity (Wildman–Crippen MR) is 67.7 cm³/mol. The summed E-state index contributed by atoms with van der Waals surface area (Å²) in [7, 11) is 5.33. The van der Waals surface area contributed by atoms with Crippen molar-refractivity contribution in [1.82, 2.24) is 4.90 Å². The lowest BCUT2D eigenvalue weighted by Gasteiger charge is -2.13. The van der Waals surface area contributed by atoms with Crippen LogP contribution in [0.3, 0.4) is 0 Å². The first-order chi connectivity index (χ1) is 8.10. The van der Waals surface area contributed by atoms with Crippen LogP contribution in [0.5, 0.6) is 5.75 Å². The van der Waals surface area contributed by atoms with Crippen LogP contribution in [0.1, 0.15) is 23.2 Å². The van der Waals surface area contributed by atoms with E-state index in [1.165, 1.54) is 0 Å². The molecule has 1 amide bonds. The van der Waals surface area contributed by atoms with Crippen LogP contribution in [0.25, 0.3) is 0 Å². The Morgan fingerprint density at radius 1 is 1.35 bits per heavy atom. The molecule has 1 fully saturated rings. The smallest absolute Gasteiger partial charge is 0.253 e. The van der Waals surface area contributed by atoms with Gasteiger partial charge < -0.3 is 15.0 Å². The van der Waals surface area contributed by atoms with Gasteiger partial charge in [-0.25, -0.2) is 0 Å². The summed E-state index contributed by atoms with van der Waals surface area (Å²) in [5, 5.41) is 3.04. The molecular formula is C13H18N2O2. The van der Waals surface area contributed by atoms with E-state index in [9.17, 15) is 4.79 Å². The summed E-state index contributed by atoms with van der Waals surface area (Å²) in [6.07, 6.45) is 2.56. The highest BCUT2D eigenvalue weighted by atomic mass is 16.5. The number of nitrogens with one attached hydrogen (secondary N) is 1. The van der Waals surface area contributed by atoms with Crippen molar-refractivity contribution < 1.29 is 9.53 Å². The lowest BCUT2D eigenvalue weighted by molar-refractivity contribution is 0.0827. The van der Waals surface area contributed by atoms with E-state index in [0.717, 1.165) is 24.3 Å². The predicted octanol–water partition coefficient (Wildman–Crippen LogP) is 1.97. The van der Waals surface area contributed by atoms with E-state index in [1.54, 1.807) is 19.0 Å². The van der Waals surface area contributed by atoms with E-state index in [-0.39, 0.29) is 5.91 Å². The van der Waals surface area contributed by atoms with Gasteiger partial charge in [-0.05, 0) is 25.0 Å². The molecule has 1 aliphatic carbocycles. The summed E-state index contributed by atoms with van der Waals surface area (Å²) >= 11 is 0. The number of nitrogens with zero attached hydrogens (tertiary/aromatic N) is 1. The van der Waals surface area contributed by atoms with Crippen LogP contribution in [-0.2, 0) is 0 Å². The average Bonchev–Trinajstić information content (AvgIpc) is 3.11. The summed E-state index contributed by atoms with van der Waals surface area (Å²) in [4.78, 5) is 13.5. The first-order valence-electron chi connectivity index (χ1n) is 5.81. The number of ether oxygens (including phenoxy) is 1. The number of carbonyl (C=O) groups excluding carboxylic acids is 1. The molecule has 0 spiro atoms. The molecule has 1 saturated carbocycles. The van der Waals surface area contributed by atoms with Gasteiger partial charge in [-0.2, -0.15) is 0 Å². The van der Waals surface area contributed by atoms with Crippen molar-refractivity contribution in [1.29, 1.82) is 0 Å². The maximum atomic E-state index is 11.9. The summed E-state index contributed by atoms with van der Waals surface area (Å²) in [5.41, 5.74) is 1.55. The van der Waals surface area contributed by atoms with E-state index in [0.29, 0.717) is 11.7 Å². The molecule has 1 aromatic rings. The minimum Gasteiger partial charge on any atom is -0.490 e. The molecule has 2 rings (SSSR count). The van der Waals surface area contributed by atoms with Crippen LogP contribution in [0.4, 0.5) is 5.69 Å². The Hall–Kier alpha value is -1.71. The van der Waals surface area contributed by atoms with Crippen molar-refractivity contribution in [2.24, 2.45) is 0 Å². The third-order valence-electron chi connectivity index (χ3n) is 2.68. The van der Waals surface area contributed by atoms with Crippen LogP contribution in [0.15, 0.2) is 18.2 Å². The SMILES string of the molecule is CNc1cc(OC2CC2)cc(C(=O)N(C)C)c1. The van der Waals surface area contributed by atoms with Gasteiger partial charge in [-0.1, -0.05) is 0 Å². The van der Waals surface area contributed by atoms with Gasteiger partial charge in [0, 0.05) is 38.5 Å². The van der Waals surface area contributed by atoms with Crippen molar-refractivity contribution in [3.63, 3.8) is 0 Å². The number of amides is 1. The molecule has 0 atom stereocenters. The fourth-order valence-electron chi connectivity index (χ4n) is 1.57. The highest BCUT2D eigenvalue weighted by Gasteiger charge is 2.24. The number of benzene rings is 1. The second-order valence-electron chi connectivity index (χ2n) is 4.51. The molecule has 4 nitrogen and oxygen atoms in total. The third kappa shape index (κ3) is 2.90. The van der Waals surface area contributed by atoms with Crippen LogP contribution in [0, 0.1) is 0 Å². The van der Waals surface area contributed by atoms with Crippen molar-refractivity contribution in [3.05, 3.63) is 23.8 Å². The van der Waals surface area contributed by atoms with E-state index in [1.807, 2.05) is 25.2 Å². The second kappa shape index (κ2) is 4.65. The Balaban J connectivity index is 2.26. The summed E-state index contributed by atoms with van der Waals surface area (Å²) in [5.74, 6) is 0.757. The Kier molecular flexibility index (Phi) is 3.22. The van der Waals surface area contributed by atoms with Gasteiger partial charge in [0.25, 0.3) is 5.91 Å². The first kappa shape index (κ1) is 11.8. The molecule has 0 aromatic heterocycles. The fraction of sp³-hybridized carbons (Fsp3) is 0.462. The van der Waals surface area contributed by atoms with Gasteiger partial charge in [0.05, 0.1) is 6.10 Å². The minimum absolute atomic E-state index is 0.0113. The third-order valence-corrected chi connectivity index (χ3v) is 2.68. The molecular weight excluding hydrogens is 216 g/mol. The topological polar surface area (TPSA) is 41.6 Å². The van der Waals surface area contributed by atoms with Crippen molar-refractivity contribution in [2.75, 3.05) is 26.5 Å². The Morgan fingerprint density at radius 3 is 2.59 bits per heavy atom. The van der Waals surface area contributed by atoms with Gasteiger partial charge in [0.15, 0.2) is 0 Å². The number of carbonyl (C=O) groups is 1. The lowest BCUT2D eigenvalue weighted by Crippen LogP contribution is -2.21. The van der Waals surface area contributed by atoms with Crippen LogP contribution < -0.4 is 10.1 Å². The van der Waals surface area contributed by atoms with Crippen LogP contribution in [0.2, 0.25) is 0 Å². The maximum Gasteiger partial charge on any atom is 0.253 e. The van der Waals surface area contributed by atoms with Gasteiger partial charge in [0.2, 0.25) is 0 Å².